The van der Waals surface area contributed by atoms with Gasteiger partial charge in [0.25, 0.3) is 0 Å². The first-order chi connectivity index (χ1) is 24.6. The lowest BCUT2D eigenvalue weighted by Crippen LogP contribution is -2.48. The van der Waals surface area contributed by atoms with E-state index in [0.29, 0.717) is 35.5 Å². The summed E-state index contributed by atoms with van der Waals surface area (Å²) in [5.41, 5.74) is 4.28. The third-order valence-electron chi connectivity index (χ3n) is 10.1. The van der Waals surface area contributed by atoms with E-state index in [1.807, 2.05) is 53.1 Å². The summed E-state index contributed by atoms with van der Waals surface area (Å²) in [6, 6.07) is 20.9. The Balaban J connectivity index is 1.05. The number of hydrogen-bond acceptors (Lipinski definition) is 7. The molecule has 270 valence electrons. The third-order valence-corrected chi connectivity index (χ3v) is 10.1. The molecule has 4 aromatic rings. The van der Waals surface area contributed by atoms with Gasteiger partial charge >= 0.3 is 17.8 Å². The Kier molecular flexibility index (Phi) is 10.0. The van der Waals surface area contributed by atoms with Gasteiger partial charge in [0.15, 0.2) is 6.29 Å². The average molecular weight is 708 g/mol. The quantitative estimate of drug-likeness (QED) is 0.230. The summed E-state index contributed by atoms with van der Waals surface area (Å²) in [4.78, 5) is 43.7. The minimum Gasteiger partial charge on any atom is -0.392 e. The van der Waals surface area contributed by atoms with E-state index in [1.54, 1.807) is 24.3 Å². The largest absolute Gasteiger partial charge is 0.471 e. The van der Waals surface area contributed by atoms with Crippen LogP contribution in [-0.4, -0.2) is 80.8 Å². The average Bonchev–Trinajstić information content (AvgIpc) is 3.76. The third kappa shape index (κ3) is 7.59. The number of carbonyl (C=O) groups is 2. The molecule has 0 spiro atoms. The van der Waals surface area contributed by atoms with E-state index in [0.717, 1.165) is 48.1 Å². The van der Waals surface area contributed by atoms with E-state index in [1.165, 1.54) is 0 Å². The lowest BCUT2D eigenvalue weighted by Gasteiger charge is -2.40. The zero-order chi connectivity index (χ0) is 35.7. The number of amides is 2. The van der Waals surface area contributed by atoms with Gasteiger partial charge in [0.05, 0.1) is 29.8 Å². The highest BCUT2D eigenvalue weighted by Crippen LogP contribution is 2.39. The van der Waals surface area contributed by atoms with Crippen molar-refractivity contribution in [2.75, 3.05) is 31.5 Å². The number of carbonyl (C=O) groups excluding carboxylic acids is 2. The van der Waals surface area contributed by atoms with Crippen molar-refractivity contribution in [3.05, 3.63) is 100.0 Å². The molecule has 0 unspecified atom stereocenters. The lowest BCUT2D eigenvalue weighted by atomic mass is 9.98. The second-order valence-electron chi connectivity index (χ2n) is 13.5. The molecule has 3 aromatic carbocycles. The number of ether oxygens (including phenoxy) is 2. The number of para-hydroxylation sites is 2. The van der Waals surface area contributed by atoms with Crippen molar-refractivity contribution < 1.29 is 37.3 Å². The standard InChI is InChI=1S/C37H40F3N5O6/c38-37(39,40)35(48)44-16-4-9-31(44)33(47)41-26-6-3-5-25(19-26)34-50-28(20-32(51-34)24-12-10-23(22-46)11-13-24)21-43-17-14-27(15-18-43)45-30-8-2-1-7-29(30)42-36(45)49/h1-3,5-8,10-13,19,27-28,31-32,34,46H,4,9,14-18,20-22H2,(H,41,47)(H,42,49)/t28-,31+,32+,34+/m1/s1. The number of piperidine rings is 1. The number of H-pyrrole nitrogens is 1. The van der Waals surface area contributed by atoms with Crippen LogP contribution in [0.1, 0.15) is 67.2 Å². The summed E-state index contributed by atoms with van der Waals surface area (Å²) < 4.78 is 54.4. The fraction of sp³-hybridized carbons (Fsp3) is 0.432. The number of nitrogens with zero attached hydrogens (tertiary/aromatic N) is 3. The van der Waals surface area contributed by atoms with Crippen molar-refractivity contribution in [1.82, 2.24) is 19.4 Å². The van der Waals surface area contributed by atoms with Gasteiger partial charge in [0, 0.05) is 49.9 Å². The highest BCUT2D eigenvalue weighted by atomic mass is 19.4. The minimum atomic E-state index is -5.06. The highest BCUT2D eigenvalue weighted by molar-refractivity contribution is 5.98. The van der Waals surface area contributed by atoms with Crippen LogP contribution in [0.2, 0.25) is 0 Å². The summed E-state index contributed by atoms with van der Waals surface area (Å²) in [5.74, 6) is -2.70. The number of anilines is 1. The molecular weight excluding hydrogens is 667 g/mol. The predicted octanol–water partition coefficient (Wildman–Crippen LogP) is 5.20. The van der Waals surface area contributed by atoms with E-state index in [9.17, 15) is 32.7 Å². The molecule has 0 radical (unpaired) electrons. The van der Waals surface area contributed by atoms with Gasteiger partial charge in [-0.2, -0.15) is 13.2 Å². The number of halogens is 3. The molecule has 51 heavy (non-hydrogen) atoms. The van der Waals surface area contributed by atoms with E-state index in [-0.39, 0.29) is 43.5 Å². The first-order valence-electron chi connectivity index (χ1n) is 17.3. The van der Waals surface area contributed by atoms with Crippen LogP contribution >= 0.6 is 0 Å². The molecule has 3 saturated heterocycles. The Morgan fingerprint density at radius 2 is 1.69 bits per heavy atom. The van der Waals surface area contributed by atoms with Gasteiger partial charge in [-0.25, -0.2) is 4.79 Å². The van der Waals surface area contributed by atoms with Gasteiger partial charge in [0.2, 0.25) is 5.91 Å². The first kappa shape index (κ1) is 34.9. The van der Waals surface area contributed by atoms with E-state index in [4.69, 9.17) is 9.47 Å². The lowest BCUT2D eigenvalue weighted by molar-refractivity contribution is -0.253. The van der Waals surface area contributed by atoms with Crippen LogP contribution in [0.5, 0.6) is 0 Å². The molecule has 3 fully saturated rings. The number of imidazole rings is 1. The normalized spacial score (nSPS) is 23.5. The molecule has 4 heterocycles. The number of aliphatic hydroxyl groups excluding tert-OH is 1. The topological polar surface area (TPSA) is 129 Å². The number of aliphatic hydroxyl groups is 1. The molecule has 0 bridgehead atoms. The summed E-state index contributed by atoms with van der Waals surface area (Å²) in [6.45, 7) is 1.95. The molecule has 1 aromatic heterocycles. The van der Waals surface area contributed by atoms with Gasteiger partial charge in [-0.1, -0.05) is 48.5 Å². The zero-order valence-electron chi connectivity index (χ0n) is 27.9. The number of aromatic amines is 1. The van der Waals surface area contributed by atoms with Crippen molar-refractivity contribution in [2.24, 2.45) is 0 Å². The fourth-order valence-corrected chi connectivity index (χ4v) is 7.55. The summed E-state index contributed by atoms with van der Waals surface area (Å²) in [6.07, 6.45) is -3.86. The summed E-state index contributed by atoms with van der Waals surface area (Å²) in [5, 5.41) is 12.3. The van der Waals surface area contributed by atoms with Crippen molar-refractivity contribution in [3.63, 3.8) is 0 Å². The van der Waals surface area contributed by atoms with Crippen LogP contribution in [0.3, 0.4) is 0 Å². The maximum absolute atomic E-state index is 13.2. The van der Waals surface area contributed by atoms with Crippen molar-refractivity contribution in [3.8, 4) is 0 Å². The van der Waals surface area contributed by atoms with Crippen LogP contribution < -0.4 is 11.0 Å². The number of fused-ring (bicyclic) bond motifs is 1. The van der Waals surface area contributed by atoms with E-state index < -0.39 is 30.3 Å². The molecule has 14 heteroatoms. The van der Waals surface area contributed by atoms with Crippen LogP contribution in [-0.2, 0) is 25.7 Å². The second kappa shape index (κ2) is 14.6. The van der Waals surface area contributed by atoms with Crippen LogP contribution in [0.25, 0.3) is 11.0 Å². The molecule has 3 aliphatic rings. The Labute approximate surface area is 291 Å². The minimum absolute atomic E-state index is 0.0758. The molecule has 3 N–H and O–H groups in total. The fourth-order valence-electron chi connectivity index (χ4n) is 7.55. The zero-order valence-corrected chi connectivity index (χ0v) is 27.9. The number of benzene rings is 3. The SMILES string of the molecule is O=C(Nc1cccc([C@H]2O[C@@H](CN3CCC(n4c(=O)[nH]c5ccccc54)CC3)C[C@@H](c3ccc(CO)cc3)O2)c1)[C@@H]1CCCN1C(=O)C(F)(F)F. The molecule has 0 saturated carbocycles. The van der Waals surface area contributed by atoms with Crippen molar-refractivity contribution >= 4 is 28.5 Å². The van der Waals surface area contributed by atoms with Crippen LogP contribution in [0.15, 0.2) is 77.6 Å². The molecule has 2 amide bonds. The van der Waals surface area contributed by atoms with Gasteiger partial charge in [-0.15, -0.1) is 0 Å². The number of aromatic nitrogens is 2. The van der Waals surface area contributed by atoms with E-state index >= 15 is 0 Å². The number of nitrogens with one attached hydrogen (secondary N) is 2. The molecule has 7 rings (SSSR count). The summed E-state index contributed by atoms with van der Waals surface area (Å²) in [7, 11) is 0. The molecule has 0 aliphatic carbocycles. The van der Waals surface area contributed by atoms with Gasteiger partial charge in [-0.3, -0.25) is 14.2 Å². The van der Waals surface area contributed by atoms with E-state index in [2.05, 4.69) is 15.2 Å². The van der Waals surface area contributed by atoms with Gasteiger partial charge in [-0.05, 0) is 61.1 Å². The smallest absolute Gasteiger partial charge is 0.392 e. The van der Waals surface area contributed by atoms with Crippen molar-refractivity contribution in [2.45, 2.75) is 75.5 Å². The summed E-state index contributed by atoms with van der Waals surface area (Å²) >= 11 is 0. The number of hydrogen-bond donors (Lipinski definition) is 3. The first-order valence-corrected chi connectivity index (χ1v) is 17.3. The number of rotatable bonds is 8. The van der Waals surface area contributed by atoms with Crippen molar-refractivity contribution in [1.29, 1.82) is 0 Å². The Morgan fingerprint density at radius 3 is 2.43 bits per heavy atom. The van der Waals surface area contributed by atoms with Crippen LogP contribution in [0, 0.1) is 0 Å². The molecular formula is C37H40F3N5O6. The maximum Gasteiger partial charge on any atom is 0.471 e. The highest BCUT2D eigenvalue weighted by Gasteiger charge is 2.47. The Morgan fingerprint density at radius 1 is 0.922 bits per heavy atom. The predicted molar refractivity (Wildman–Crippen MR) is 182 cm³/mol. The van der Waals surface area contributed by atoms with Gasteiger partial charge < -0.3 is 34.7 Å². The Hall–Kier alpha value is -4.50. The maximum atomic E-state index is 13.2. The Bertz CT molecular complexity index is 1920. The van der Waals surface area contributed by atoms with Crippen LogP contribution in [0.4, 0.5) is 18.9 Å². The number of likely N-dealkylation sites (tertiary alicyclic amines) is 2. The molecule has 11 nitrogen and oxygen atoms in total. The molecule has 3 aliphatic heterocycles. The van der Waals surface area contributed by atoms with Gasteiger partial charge in [0.1, 0.15) is 6.04 Å². The number of alkyl halides is 3. The molecule has 4 atom stereocenters. The second-order valence-corrected chi connectivity index (χ2v) is 13.5. The monoisotopic (exact) mass is 707 g/mol.